The molecular weight excluding hydrogens is 212 g/mol. The average molecular weight is 223 g/mol. The molecule has 0 fully saturated rings. The summed E-state index contributed by atoms with van der Waals surface area (Å²) < 4.78 is 13.1. The van der Waals surface area contributed by atoms with Gasteiger partial charge in [0.2, 0.25) is 6.79 Å². The van der Waals surface area contributed by atoms with Crippen LogP contribution in [0.3, 0.4) is 0 Å². The Hall–Kier alpha value is -2.04. The molecule has 5 nitrogen and oxygen atoms in total. The third-order valence-corrected chi connectivity index (χ3v) is 1.75. The highest BCUT2D eigenvalue weighted by molar-refractivity contribution is 5.59. The fourth-order valence-electron chi connectivity index (χ4n) is 1.04. The number of rotatable bonds is 6. The van der Waals surface area contributed by atoms with Gasteiger partial charge < -0.3 is 14.2 Å². The van der Waals surface area contributed by atoms with Crippen LogP contribution in [0, 0.1) is 0 Å². The summed E-state index contributed by atoms with van der Waals surface area (Å²) in [4.78, 5) is 20.5. The third kappa shape index (κ3) is 4.99. The number of ether oxygens (including phenoxy) is 3. The summed E-state index contributed by atoms with van der Waals surface area (Å²) in [5.41, 5.74) is 1.06. The summed E-state index contributed by atoms with van der Waals surface area (Å²) in [5, 5.41) is 0. The van der Waals surface area contributed by atoms with E-state index in [0.29, 0.717) is 6.42 Å². The minimum absolute atomic E-state index is 0.216. The Balaban J connectivity index is 2.11. The van der Waals surface area contributed by atoms with E-state index in [4.69, 9.17) is 4.74 Å². The lowest BCUT2D eigenvalue weighted by Gasteiger charge is -2.04. The van der Waals surface area contributed by atoms with Crippen LogP contribution in [0.2, 0.25) is 0 Å². The normalized spacial score (nSPS) is 9.25. The van der Waals surface area contributed by atoms with Crippen LogP contribution in [0.1, 0.15) is 5.56 Å². The quantitative estimate of drug-likeness (QED) is 0.414. The number of hydrogen-bond acceptors (Lipinski definition) is 5. The Morgan fingerprint density at radius 2 is 1.94 bits per heavy atom. The van der Waals surface area contributed by atoms with Crippen molar-refractivity contribution in [2.45, 2.75) is 6.42 Å². The molecular formula is C11H11O5. The van der Waals surface area contributed by atoms with Gasteiger partial charge in [0.15, 0.2) is 0 Å². The largest absolute Gasteiger partial charge is 0.511 e. The van der Waals surface area contributed by atoms with E-state index in [2.05, 4.69) is 9.47 Å². The molecule has 1 aromatic carbocycles. The Kier molecular flexibility index (Phi) is 5.47. The van der Waals surface area contributed by atoms with E-state index in [1.807, 2.05) is 30.3 Å². The topological polar surface area (TPSA) is 61.8 Å². The maximum Gasteiger partial charge on any atom is 0.511 e. The molecule has 0 aromatic heterocycles. The molecule has 1 radical (unpaired) electrons. The highest BCUT2D eigenvalue weighted by atomic mass is 16.8. The van der Waals surface area contributed by atoms with E-state index in [9.17, 15) is 9.59 Å². The Morgan fingerprint density at radius 3 is 2.62 bits per heavy atom. The number of carbonyl (C=O) groups is 1. The van der Waals surface area contributed by atoms with Crippen molar-refractivity contribution in [3.63, 3.8) is 0 Å². The standard InChI is InChI=1S/C11H11O5/c12-8-14-9-16-11(13)15-7-6-10-4-2-1-3-5-10/h1-5H,6-7,9H2. The van der Waals surface area contributed by atoms with Crippen molar-refractivity contribution in [1.29, 1.82) is 0 Å². The molecule has 1 rings (SSSR count). The van der Waals surface area contributed by atoms with Gasteiger partial charge in [0.05, 0.1) is 6.61 Å². The molecule has 0 spiro atoms. The second-order valence-electron chi connectivity index (χ2n) is 2.82. The molecule has 0 saturated heterocycles. The summed E-state index contributed by atoms with van der Waals surface area (Å²) in [6, 6.07) is 9.58. The van der Waals surface area contributed by atoms with Gasteiger partial charge in [0.1, 0.15) is 0 Å². The summed E-state index contributed by atoms with van der Waals surface area (Å²) in [7, 11) is 0. The Bertz CT molecular complexity index is 322. The van der Waals surface area contributed by atoms with Crippen molar-refractivity contribution in [1.82, 2.24) is 0 Å². The van der Waals surface area contributed by atoms with Crippen LogP contribution in [-0.4, -0.2) is 26.0 Å². The first-order chi connectivity index (χ1) is 7.83. The fourth-order valence-corrected chi connectivity index (χ4v) is 1.04. The van der Waals surface area contributed by atoms with E-state index >= 15 is 0 Å². The first-order valence-electron chi connectivity index (χ1n) is 4.65. The van der Waals surface area contributed by atoms with E-state index in [0.717, 1.165) is 12.0 Å². The molecule has 0 saturated carbocycles. The molecule has 85 valence electrons. The molecule has 0 aliphatic heterocycles. The smallest absolute Gasteiger partial charge is 0.434 e. The monoisotopic (exact) mass is 223 g/mol. The minimum atomic E-state index is -0.869. The van der Waals surface area contributed by atoms with Crippen molar-refractivity contribution in [3.05, 3.63) is 35.9 Å². The molecule has 16 heavy (non-hydrogen) atoms. The van der Waals surface area contributed by atoms with E-state index in [1.165, 1.54) is 0 Å². The Labute approximate surface area is 92.9 Å². The third-order valence-electron chi connectivity index (χ3n) is 1.75. The van der Waals surface area contributed by atoms with Crippen LogP contribution in [0.4, 0.5) is 4.79 Å². The molecule has 0 bridgehead atoms. The van der Waals surface area contributed by atoms with Crippen molar-refractivity contribution < 1.29 is 23.8 Å². The van der Waals surface area contributed by atoms with Crippen molar-refractivity contribution in [3.8, 4) is 0 Å². The van der Waals surface area contributed by atoms with Gasteiger partial charge in [0.25, 0.3) is 0 Å². The van der Waals surface area contributed by atoms with Gasteiger partial charge in [-0.3, -0.25) is 0 Å². The van der Waals surface area contributed by atoms with Crippen LogP contribution in [0.25, 0.3) is 0 Å². The maximum absolute atomic E-state index is 10.9. The van der Waals surface area contributed by atoms with Crippen molar-refractivity contribution in [2.75, 3.05) is 13.4 Å². The van der Waals surface area contributed by atoms with Crippen LogP contribution >= 0.6 is 0 Å². The van der Waals surface area contributed by atoms with Crippen LogP contribution < -0.4 is 0 Å². The fraction of sp³-hybridized carbons (Fsp3) is 0.273. The minimum Gasteiger partial charge on any atom is -0.434 e. The molecule has 5 heteroatoms. The van der Waals surface area contributed by atoms with Gasteiger partial charge >= 0.3 is 12.6 Å². The molecule has 0 N–H and O–H groups in total. The van der Waals surface area contributed by atoms with E-state index < -0.39 is 12.9 Å². The summed E-state index contributed by atoms with van der Waals surface area (Å²) in [5.74, 6) is 0. The zero-order valence-electron chi connectivity index (χ0n) is 8.55. The second-order valence-corrected chi connectivity index (χ2v) is 2.82. The molecule has 0 amide bonds. The van der Waals surface area contributed by atoms with Crippen LogP contribution in [-0.2, 0) is 25.4 Å². The lowest BCUT2D eigenvalue weighted by molar-refractivity contribution is -0.000447. The Morgan fingerprint density at radius 1 is 1.19 bits per heavy atom. The molecule has 0 heterocycles. The summed E-state index contributed by atoms with van der Waals surface area (Å²) in [6.07, 6.45) is -0.262. The molecule has 0 unspecified atom stereocenters. The number of hydrogen-bond donors (Lipinski definition) is 0. The maximum atomic E-state index is 10.9. The lowest BCUT2D eigenvalue weighted by atomic mass is 10.2. The number of carbonyl (C=O) groups excluding carboxylic acids is 2. The molecule has 0 atom stereocenters. The van der Waals surface area contributed by atoms with E-state index in [-0.39, 0.29) is 6.61 Å². The first kappa shape index (κ1) is 12.0. The first-order valence-corrected chi connectivity index (χ1v) is 4.65. The van der Waals surface area contributed by atoms with E-state index in [1.54, 1.807) is 0 Å². The van der Waals surface area contributed by atoms with Gasteiger partial charge in [-0.1, -0.05) is 30.3 Å². The summed E-state index contributed by atoms with van der Waals surface area (Å²) >= 11 is 0. The van der Waals surface area contributed by atoms with Crippen molar-refractivity contribution in [2.24, 2.45) is 0 Å². The predicted molar refractivity (Wildman–Crippen MR) is 54.2 cm³/mol. The SMILES string of the molecule is O=[C]OCOC(=O)OCCc1ccccc1. The number of benzene rings is 1. The van der Waals surface area contributed by atoms with Crippen LogP contribution in [0.5, 0.6) is 0 Å². The predicted octanol–water partition coefficient (Wildman–Crippen LogP) is 1.42. The lowest BCUT2D eigenvalue weighted by Crippen LogP contribution is -2.11. The molecule has 1 aromatic rings. The van der Waals surface area contributed by atoms with Gasteiger partial charge in [-0.25, -0.2) is 9.59 Å². The zero-order chi connectivity index (χ0) is 11.6. The van der Waals surface area contributed by atoms with Crippen LogP contribution in [0.15, 0.2) is 30.3 Å². The second kappa shape index (κ2) is 7.28. The highest BCUT2D eigenvalue weighted by Crippen LogP contribution is 2.00. The van der Waals surface area contributed by atoms with Gasteiger partial charge in [0, 0.05) is 6.42 Å². The zero-order valence-corrected chi connectivity index (χ0v) is 8.55. The average Bonchev–Trinajstić information content (AvgIpc) is 2.31. The van der Waals surface area contributed by atoms with Crippen molar-refractivity contribution >= 4 is 12.6 Å². The molecule has 0 aliphatic carbocycles. The van der Waals surface area contributed by atoms with Gasteiger partial charge in [-0.05, 0) is 5.56 Å². The van der Waals surface area contributed by atoms with Gasteiger partial charge in [-0.2, -0.15) is 0 Å². The highest BCUT2D eigenvalue weighted by Gasteiger charge is 2.03. The van der Waals surface area contributed by atoms with Gasteiger partial charge in [-0.15, -0.1) is 0 Å². The molecule has 0 aliphatic rings. The summed E-state index contributed by atoms with van der Waals surface area (Å²) in [6.45, 7) is 0.860.